The van der Waals surface area contributed by atoms with Crippen LogP contribution in [0.3, 0.4) is 0 Å². The van der Waals surface area contributed by atoms with Crippen molar-refractivity contribution in [2.75, 3.05) is 0 Å². The monoisotopic (exact) mass is 346 g/mol. The smallest absolute Gasteiger partial charge is 0.255 e. The van der Waals surface area contributed by atoms with Crippen molar-refractivity contribution in [2.45, 2.75) is 6.54 Å². The number of pyridine rings is 2. The van der Waals surface area contributed by atoms with E-state index in [9.17, 15) is 4.79 Å². The molecule has 9 nitrogen and oxygen atoms in total. The fourth-order valence-corrected chi connectivity index (χ4v) is 2.51. The molecule has 0 atom stereocenters. The maximum Gasteiger partial charge on any atom is 0.255 e. The molecule has 26 heavy (non-hydrogen) atoms. The predicted molar refractivity (Wildman–Crippen MR) is 91.7 cm³/mol. The molecule has 0 fully saturated rings. The summed E-state index contributed by atoms with van der Waals surface area (Å²) in [4.78, 5) is 25.1. The number of carbonyl (C=O) groups excluding carboxylic acids is 1. The van der Waals surface area contributed by atoms with Gasteiger partial charge < -0.3 is 5.32 Å². The minimum absolute atomic E-state index is 0.265. The van der Waals surface area contributed by atoms with Gasteiger partial charge in [0.15, 0.2) is 11.6 Å². The van der Waals surface area contributed by atoms with Gasteiger partial charge in [-0.25, -0.2) is 24.3 Å². The summed E-state index contributed by atoms with van der Waals surface area (Å²) < 4.78 is 3.11. The van der Waals surface area contributed by atoms with E-state index in [-0.39, 0.29) is 5.91 Å². The lowest BCUT2D eigenvalue weighted by molar-refractivity contribution is 0.0950. The van der Waals surface area contributed by atoms with Gasteiger partial charge in [-0.15, -0.1) is 0 Å². The average molecular weight is 346 g/mol. The number of carbonyl (C=O) groups is 1. The Balaban J connectivity index is 1.56. The number of hydrogen-bond acceptors (Lipinski definition) is 6. The number of amides is 1. The van der Waals surface area contributed by atoms with Crippen LogP contribution in [-0.2, 0) is 6.54 Å². The van der Waals surface area contributed by atoms with Gasteiger partial charge in [-0.05, 0) is 24.3 Å². The third-order valence-corrected chi connectivity index (χ3v) is 3.70. The standard InChI is InChI=1S/C17H14N8O/c26-17(14-5-2-7-20-16(14)25-12-18-11-23-25)21-10-13-4-1-6-19-15(13)24-9-3-8-22-24/h1-9,11-12H,10H2,(H,21,26). The van der Waals surface area contributed by atoms with Crippen molar-refractivity contribution < 1.29 is 4.79 Å². The van der Waals surface area contributed by atoms with E-state index in [1.807, 2.05) is 18.2 Å². The zero-order valence-corrected chi connectivity index (χ0v) is 13.6. The van der Waals surface area contributed by atoms with Gasteiger partial charge in [0, 0.05) is 36.9 Å². The Kier molecular flexibility index (Phi) is 4.17. The zero-order valence-electron chi connectivity index (χ0n) is 13.6. The molecule has 4 heterocycles. The molecule has 4 rings (SSSR count). The molecule has 0 unspecified atom stereocenters. The third-order valence-electron chi connectivity index (χ3n) is 3.70. The van der Waals surface area contributed by atoms with Crippen molar-refractivity contribution in [2.24, 2.45) is 0 Å². The summed E-state index contributed by atoms with van der Waals surface area (Å²) in [5.74, 6) is 0.820. The van der Waals surface area contributed by atoms with Gasteiger partial charge in [-0.1, -0.05) is 6.07 Å². The van der Waals surface area contributed by atoms with Crippen LogP contribution in [0.25, 0.3) is 11.6 Å². The van der Waals surface area contributed by atoms with E-state index in [0.717, 1.165) is 5.56 Å². The predicted octanol–water partition coefficient (Wildman–Crippen LogP) is 1.17. The topological polar surface area (TPSA) is 103 Å². The van der Waals surface area contributed by atoms with Crippen LogP contribution in [0.2, 0.25) is 0 Å². The molecule has 128 valence electrons. The Morgan fingerprint density at radius 2 is 1.81 bits per heavy atom. The lowest BCUT2D eigenvalue weighted by Gasteiger charge is -2.11. The van der Waals surface area contributed by atoms with Crippen molar-refractivity contribution in [1.29, 1.82) is 0 Å². The van der Waals surface area contributed by atoms with Gasteiger partial charge in [-0.2, -0.15) is 10.2 Å². The summed E-state index contributed by atoms with van der Waals surface area (Å²) in [5, 5.41) is 11.1. The van der Waals surface area contributed by atoms with Crippen LogP contribution in [0.1, 0.15) is 15.9 Å². The Labute approximate surface area is 148 Å². The first-order valence-corrected chi connectivity index (χ1v) is 7.85. The summed E-state index contributed by atoms with van der Waals surface area (Å²) in [6.45, 7) is 0.299. The van der Waals surface area contributed by atoms with Crippen LogP contribution < -0.4 is 5.32 Å². The number of nitrogens with zero attached hydrogens (tertiary/aromatic N) is 7. The van der Waals surface area contributed by atoms with Crippen molar-refractivity contribution >= 4 is 5.91 Å². The molecule has 0 radical (unpaired) electrons. The molecule has 4 aromatic heterocycles. The van der Waals surface area contributed by atoms with E-state index in [1.54, 1.807) is 41.6 Å². The molecule has 0 spiro atoms. The maximum absolute atomic E-state index is 12.7. The lowest BCUT2D eigenvalue weighted by Crippen LogP contribution is -2.25. The van der Waals surface area contributed by atoms with E-state index < -0.39 is 0 Å². The van der Waals surface area contributed by atoms with Crippen LogP contribution in [0.4, 0.5) is 0 Å². The Morgan fingerprint density at radius 1 is 0.962 bits per heavy atom. The van der Waals surface area contributed by atoms with Crippen molar-refractivity contribution in [3.8, 4) is 11.6 Å². The van der Waals surface area contributed by atoms with Crippen molar-refractivity contribution in [3.63, 3.8) is 0 Å². The van der Waals surface area contributed by atoms with E-state index in [4.69, 9.17) is 0 Å². The van der Waals surface area contributed by atoms with Gasteiger partial charge in [0.1, 0.15) is 12.7 Å². The van der Waals surface area contributed by atoms with E-state index >= 15 is 0 Å². The Morgan fingerprint density at radius 3 is 2.58 bits per heavy atom. The first-order chi connectivity index (χ1) is 12.8. The van der Waals surface area contributed by atoms with Crippen LogP contribution in [0.15, 0.2) is 67.8 Å². The highest BCUT2D eigenvalue weighted by molar-refractivity contribution is 5.97. The largest absolute Gasteiger partial charge is 0.348 e. The van der Waals surface area contributed by atoms with Gasteiger partial charge in [0.05, 0.1) is 5.56 Å². The molecule has 1 N–H and O–H groups in total. The normalized spacial score (nSPS) is 10.6. The molecular weight excluding hydrogens is 332 g/mol. The molecule has 9 heteroatoms. The van der Waals surface area contributed by atoms with Crippen LogP contribution >= 0.6 is 0 Å². The van der Waals surface area contributed by atoms with Gasteiger partial charge in [-0.3, -0.25) is 4.79 Å². The van der Waals surface area contributed by atoms with Crippen LogP contribution in [-0.4, -0.2) is 40.4 Å². The average Bonchev–Trinajstić information content (AvgIpc) is 3.40. The van der Waals surface area contributed by atoms with Crippen LogP contribution in [0.5, 0.6) is 0 Å². The molecule has 0 bridgehead atoms. The second-order valence-corrected chi connectivity index (χ2v) is 5.33. The minimum atomic E-state index is -0.265. The summed E-state index contributed by atoms with van der Waals surface area (Å²) in [6.07, 6.45) is 9.66. The second kappa shape index (κ2) is 6.93. The molecule has 0 aliphatic rings. The zero-order chi connectivity index (χ0) is 17.8. The number of aromatic nitrogens is 7. The summed E-state index contributed by atoms with van der Waals surface area (Å²) in [6, 6.07) is 8.92. The SMILES string of the molecule is O=C(NCc1cccnc1-n1cccn1)c1cccnc1-n1cncn1. The molecule has 0 saturated carbocycles. The summed E-state index contributed by atoms with van der Waals surface area (Å²) in [7, 11) is 0. The van der Waals surface area contributed by atoms with E-state index in [2.05, 4.69) is 30.5 Å². The molecule has 0 aliphatic carbocycles. The first kappa shape index (κ1) is 15.6. The number of rotatable bonds is 5. The van der Waals surface area contributed by atoms with Gasteiger partial charge >= 0.3 is 0 Å². The van der Waals surface area contributed by atoms with E-state index in [0.29, 0.717) is 23.7 Å². The minimum Gasteiger partial charge on any atom is -0.348 e. The lowest BCUT2D eigenvalue weighted by atomic mass is 10.2. The number of nitrogens with one attached hydrogen (secondary N) is 1. The first-order valence-electron chi connectivity index (χ1n) is 7.85. The molecule has 0 aromatic carbocycles. The highest BCUT2D eigenvalue weighted by Crippen LogP contribution is 2.12. The van der Waals surface area contributed by atoms with Crippen molar-refractivity contribution in [1.82, 2.24) is 39.8 Å². The van der Waals surface area contributed by atoms with Gasteiger partial charge in [0.25, 0.3) is 5.91 Å². The van der Waals surface area contributed by atoms with Crippen LogP contribution in [0, 0.1) is 0 Å². The summed E-state index contributed by atoms with van der Waals surface area (Å²) >= 11 is 0. The van der Waals surface area contributed by atoms with Gasteiger partial charge in [0.2, 0.25) is 0 Å². The highest BCUT2D eigenvalue weighted by Gasteiger charge is 2.15. The highest BCUT2D eigenvalue weighted by atomic mass is 16.1. The fourth-order valence-electron chi connectivity index (χ4n) is 2.51. The maximum atomic E-state index is 12.7. The van der Waals surface area contributed by atoms with Crippen molar-refractivity contribution in [3.05, 3.63) is 78.9 Å². The molecule has 0 aliphatic heterocycles. The molecule has 0 saturated heterocycles. The molecule has 1 amide bonds. The third kappa shape index (κ3) is 3.05. The quantitative estimate of drug-likeness (QED) is 0.582. The Bertz CT molecular complexity index is 1010. The van der Waals surface area contributed by atoms with E-state index in [1.165, 1.54) is 17.3 Å². The molecule has 4 aromatic rings. The molecular formula is C17H14N8O. The fraction of sp³-hybridized carbons (Fsp3) is 0.0588. The Hall–Kier alpha value is -3.88. The number of hydrogen-bond donors (Lipinski definition) is 1. The summed E-state index contributed by atoms with van der Waals surface area (Å²) in [5.41, 5.74) is 1.25. The second-order valence-electron chi connectivity index (χ2n) is 5.33.